The molecule has 0 amide bonds. The highest BCUT2D eigenvalue weighted by atomic mass is 16.5. The third-order valence-corrected chi connectivity index (χ3v) is 5.35. The molecule has 4 aromatic rings. The summed E-state index contributed by atoms with van der Waals surface area (Å²) in [6, 6.07) is 27.0. The van der Waals surface area contributed by atoms with Crippen LogP contribution in [0, 0.1) is 0 Å². The van der Waals surface area contributed by atoms with E-state index in [0.717, 1.165) is 33.7 Å². The summed E-state index contributed by atoms with van der Waals surface area (Å²) >= 11 is 0. The van der Waals surface area contributed by atoms with Gasteiger partial charge in [-0.1, -0.05) is 60.7 Å². The molecule has 0 unspecified atom stereocenters. The lowest BCUT2D eigenvalue weighted by molar-refractivity contribution is 0.247. The standard InChI is InChI=1S/C25H25N3O/c1-18(19-13-15-21(29-3)16-14-19)28(2)17-24-26-23-12-8-7-11-22(23)25(27-24)20-9-5-4-6-10-20/h4-16,18H,17H2,1-3H3/t18-/m1/s1. The Morgan fingerprint density at radius 3 is 2.28 bits per heavy atom. The Balaban J connectivity index is 1.65. The van der Waals surface area contributed by atoms with E-state index in [-0.39, 0.29) is 6.04 Å². The van der Waals surface area contributed by atoms with E-state index in [0.29, 0.717) is 6.54 Å². The van der Waals surface area contributed by atoms with Gasteiger partial charge < -0.3 is 4.74 Å². The quantitative estimate of drug-likeness (QED) is 0.441. The fraction of sp³-hybridized carbons (Fsp3) is 0.200. The molecular formula is C25H25N3O. The Hall–Kier alpha value is -3.24. The molecule has 29 heavy (non-hydrogen) atoms. The van der Waals surface area contributed by atoms with E-state index in [9.17, 15) is 0 Å². The van der Waals surface area contributed by atoms with Gasteiger partial charge in [0.15, 0.2) is 0 Å². The predicted octanol–water partition coefficient (Wildman–Crippen LogP) is 5.50. The Kier molecular flexibility index (Phi) is 5.54. The summed E-state index contributed by atoms with van der Waals surface area (Å²) < 4.78 is 5.27. The smallest absolute Gasteiger partial charge is 0.143 e. The minimum atomic E-state index is 0.233. The summed E-state index contributed by atoms with van der Waals surface area (Å²) in [7, 11) is 3.79. The fourth-order valence-electron chi connectivity index (χ4n) is 3.51. The number of aromatic nitrogens is 2. The van der Waals surface area contributed by atoms with Crippen LogP contribution in [0.15, 0.2) is 78.9 Å². The maximum atomic E-state index is 5.27. The van der Waals surface area contributed by atoms with Crippen molar-refractivity contribution in [2.45, 2.75) is 19.5 Å². The summed E-state index contributed by atoms with van der Waals surface area (Å²) in [6.07, 6.45) is 0. The summed E-state index contributed by atoms with van der Waals surface area (Å²) in [5.41, 5.74) is 4.30. The highest BCUT2D eigenvalue weighted by Gasteiger charge is 2.16. The maximum absolute atomic E-state index is 5.27. The van der Waals surface area contributed by atoms with Crippen LogP contribution < -0.4 is 4.74 Å². The molecule has 4 heteroatoms. The van der Waals surface area contributed by atoms with Gasteiger partial charge in [-0.05, 0) is 37.7 Å². The SMILES string of the molecule is COc1ccc([C@@H](C)N(C)Cc2nc(-c3ccccc3)c3ccccc3n2)cc1. The van der Waals surface area contributed by atoms with Gasteiger partial charge in [0.1, 0.15) is 11.6 Å². The number of para-hydroxylation sites is 1. The topological polar surface area (TPSA) is 38.2 Å². The van der Waals surface area contributed by atoms with Crippen molar-refractivity contribution >= 4 is 10.9 Å². The van der Waals surface area contributed by atoms with E-state index in [1.165, 1.54) is 5.56 Å². The third-order valence-electron chi connectivity index (χ3n) is 5.35. The lowest BCUT2D eigenvalue weighted by Crippen LogP contribution is -2.23. The number of hydrogen-bond acceptors (Lipinski definition) is 4. The molecule has 0 radical (unpaired) electrons. The lowest BCUT2D eigenvalue weighted by Gasteiger charge is -2.25. The summed E-state index contributed by atoms with van der Waals surface area (Å²) in [6.45, 7) is 2.86. The summed E-state index contributed by atoms with van der Waals surface area (Å²) in [4.78, 5) is 12.0. The van der Waals surface area contributed by atoms with Crippen molar-refractivity contribution in [2.24, 2.45) is 0 Å². The molecular weight excluding hydrogens is 358 g/mol. The van der Waals surface area contributed by atoms with Crippen molar-refractivity contribution in [1.82, 2.24) is 14.9 Å². The van der Waals surface area contributed by atoms with E-state index in [1.54, 1.807) is 7.11 Å². The number of hydrogen-bond donors (Lipinski definition) is 0. The average molecular weight is 383 g/mol. The zero-order valence-corrected chi connectivity index (χ0v) is 17.0. The van der Waals surface area contributed by atoms with Crippen LogP contribution >= 0.6 is 0 Å². The van der Waals surface area contributed by atoms with Crippen molar-refractivity contribution in [3.8, 4) is 17.0 Å². The zero-order chi connectivity index (χ0) is 20.2. The Morgan fingerprint density at radius 2 is 1.55 bits per heavy atom. The Labute approximate surface area is 171 Å². The molecule has 146 valence electrons. The monoisotopic (exact) mass is 383 g/mol. The van der Waals surface area contributed by atoms with E-state index in [1.807, 2.05) is 42.5 Å². The normalized spacial score (nSPS) is 12.3. The van der Waals surface area contributed by atoms with Crippen LogP contribution in [0.3, 0.4) is 0 Å². The van der Waals surface area contributed by atoms with E-state index in [4.69, 9.17) is 14.7 Å². The Morgan fingerprint density at radius 1 is 0.862 bits per heavy atom. The minimum Gasteiger partial charge on any atom is -0.497 e. The maximum Gasteiger partial charge on any atom is 0.143 e. The van der Waals surface area contributed by atoms with Gasteiger partial charge in [0.25, 0.3) is 0 Å². The molecule has 4 nitrogen and oxygen atoms in total. The van der Waals surface area contributed by atoms with Crippen LogP contribution in [-0.2, 0) is 6.54 Å². The van der Waals surface area contributed by atoms with Crippen LogP contribution in [-0.4, -0.2) is 29.0 Å². The zero-order valence-electron chi connectivity index (χ0n) is 17.0. The van der Waals surface area contributed by atoms with Crippen LogP contribution in [0.2, 0.25) is 0 Å². The average Bonchev–Trinajstić information content (AvgIpc) is 2.78. The van der Waals surface area contributed by atoms with Crippen molar-refractivity contribution in [3.05, 3.63) is 90.3 Å². The second-order valence-electron chi connectivity index (χ2n) is 7.24. The fourth-order valence-corrected chi connectivity index (χ4v) is 3.51. The largest absolute Gasteiger partial charge is 0.497 e. The number of benzene rings is 3. The van der Waals surface area contributed by atoms with E-state index in [2.05, 4.69) is 55.3 Å². The van der Waals surface area contributed by atoms with Gasteiger partial charge >= 0.3 is 0 Å². The van der Waals surface area contributed by atoms with Gasteiger partial charge in [-0.15, -0.1) is 0 Å². The second-order valence-corrected chi connectivity index (χ2v) is 7.24. The van der Waals surface area contributed by atoms with Crippen molar-refractivity contribution in [2.75, 3.05) is 14.2 Å². The molecule has 1 aromatic heterocycles. The molecule has 3 aromatic carbocycles. The summed E-state index contributed by atoms with van der Waals surface area (Å²) in [5, 5.41) is 1.08. The number of methoxy groups -OCH3 is 1. The molecule has 0 aliphatic rings. The van der Waals surface area contributed by atoms with Gasteiger partial charge in [-0.25, -0.2) is 9.97 Å². The molecule has 0 spiro atoms. The highest BCUT2D eigenvalue weighted by molar-refractivity contribution is 5.92. The van der Waals surface area contributed by atoms with Crippen molar-refractivity contribution < 1.29 is 4.74 Å². The van der Waals surface area contributed by atoms with E-state index < -0.39 is 0 Å². The van der Waals surface area contributed by atoms with Gasteiger partial charge in [0, 0.05) is 17.0 Å². The molecule has 0 saturated carbocycles. The predicted molar refractivity (Wildman–Crippen MR) is 118 cm³/mol. The van der Waals surface area contributed by atoms with Gasteiger partial charge in [-0.2, -0.15) is 0 Å². The van der Waals surface area contributed by atoms with Crippen LogP contribution in [0.1, 0.15) is 24.4 Å². The molecule has 0 aliphatic carbocycles. The Bertz CT molecular complexity index is 1090. The molecule has 0 saturated heterocycles. The summed E-state index contributed by atoms with van der Waals surface area (Å²) in [5.74, 6) is 1.69. The first kappa shape index (κ1) is 19.1. The van der Waals surface area contributed by atoms with Crippen molar-refractivity contribution in [1.29, 1.82) is 0 Å². The molecule has 4 rings (SSSR count). The van der Waals surface area contributed by atoms with Crippen LogP contribution in [0.25, 0.3) is 22.2 Å². The number of ether oxygens (including phenoxy) is 1. The number of fused-ring (bicyclic) bond motifs is 1. The molecule has 1 heterocycles. The van der Waals surface area contributed by atoms with Crippen LogP contribution in [0.5, 0.6) is 5.75 Å². The van der Waals surface area contributed by atoms with Gasteiger partial charge in [-0.3, -0.25) is 4.90 Å². The highest BCUT2D eigenvalue weighted by Crippen LogP contribution is 2.27. The molecule has 0 bridgehead atoms. The van der Waals surface area contributed by atoms with Crippen molar-refractivity contribution in [3.63, 3.8) is 0 Å². The number of nitrogens with zero attached hydrogens (tertiary/aromatic N) is 3. The first-order valence-corrected chi connectivity index (χ1v) is 9.81. The third kappa shape index (κ3) is 4.13. The molecule has 0 N–H and O–H groups in total. The molecule has 0 fully saturated rings. The van der Waals surface area contributed by atoms with Gasteiger partial charge in [0.2, 0.25) is 0 Å². The van der Waals surface area contributed by atoms with Gasteiger partial charge in [0.05, 0.1) is 24.9 Å². The van der Waals surface area contributed by atoms with E-state index >= 15 is 0 Å². The lowest BCUT2D eigenvalue weighted by atomic mass is 10.1. The number of rotatable bonds is 6. The molecule has 1 atom stereocenters. The first-order valence-electron chi connectivity index (χ1n) is 9.81. The minimum absolute atomic E-state index is 0.233. The van der Waals surface area contributed by atoms with Crippen LogP contribution in [0.4, 0.5) is 0 Å². The second kappa shape index (κ2) is 8.41. The molecule has 0 aliphatic heterocycles. The first-order chi connectivity index (χ1) is 14.2.